The van der Waals surface area contributed by atoms with E-state index in [4.69, 9.17) is 4.74 Å². The van der Waals surface area contributed by atoms with Crippen LogP contribution in [0.3, 0.4) is 0 Å². The van der Waals surface area contributed by atoms with Crippen molar-refractivity contribution >= 4 is 5.97 Å². The first-order valence-electron chi connectivity index (χ1n) is 6.63. The van der Waals surface area contributed by atoms with Gasteiger partial charge in [0, 0.05) is 0 Å². The van der Waals surface area contributed by atoms with Crippen molar-refractivity contribution in [2.24, 2.45) is 0 Å². The summed E-state index contributed by atoms with van der Waals surface area (Å²) in [6.45, 7) is 11.5. The second-order valence-corrected chi connectivity index (χ2v) is 6.35. The number of carboxylic acids is 1. The minimum absolute atomic E-state index is 0.0882. The molecule has 0 unspecified atom stereocenters. The van der Waals surface area contributed by atoms with Crippen molar-refractivity contribution < 1.29 is 14.6 Å². The summed E-state index contributed by atoms with van der Waals surface area (Å²) < 4.78 is 5.72. The molecule has 0 saturated carbocycles. The van der Waals surface area contributed by atoms with Crippen LogP contribution in [0.1, 0.15) is 52.7 Å². The molecule has 0 radical (unpaired) electrons. The SMILES string of the molecule is CCc1ccc(OC(C)(C)C(=O)O)c(C(C)(C)C)c1. The third-order valence-corrected chi connectivity index (χ3v) is 3.14. The van der Waals surface area contributed by atoms with Crippen molar-refractivity contribution in [1.82, 2.24) is 0 Å². The van der Waals surface area contributed by atoms with Crippen molar-refractivity contribution in [1.29, 1.82) is 0 Å². The Kier molecular flexibility index (Phi) is 4.28. The molecule has 0 bridgehead atoms. The molecule has 3 heteroatoms. The number of rotatable bonds is 4. The maximum Gasteiger partial charge on any atom is 0.347 e. The van der Waals surface area contributed by atoms with Gasteiger partial charge in [0.2, 0.25) is 0 Å². The van der Waals surface area contributed by atoms with Crippen LogP contribution in [0.2, 0.25) is 0 Å². The summed E-state index contributed by atoms with van der Waals surface area (Å²) in [6.07, 6.45) is 0.950. The van der Waals surface area contributed by atoms with Crippen LogP contribution in [0, 0.1) is 0 Å². The Bertz CT molecular complexity index is 467. The van der Waals surface area contributed by atoms with Crippen molar-refractivity contribution in [2.75, 3.05) is 0 Å². The Morgan fingerprint density at radius 3 is 2.21 bits per heavy atom. The van der Waals surface area contributed by atoms with Crippen LogP contribution in [0.25, 0.3) is 0 Å². The van der Waals surface area contributed by atoms with E-state index in [1.165, 1.54) is 5.56 Å². The molecule has 0 aliphatic carbocycles. The highest BCUT2D eigenvalue weighted by Crippen LogP contribution is 2.34. The number of ether oxygens (including phenoxy) is 1. The molecule has 0 saturated heterocycles. The van der Waals surface area contributed by atoms with E-state index in [1.807, 2.05) is 12.1 Å². The van der Waals surface area contributed by atoms with Gasteiger partial charge in [0.15, 0.2) is 5.60 Å². The highest BCUT2D eigenvalue weighted by molar-refractivity contribution is 5.76. The highest BCUT2D eigenvalue weighted by atomic mass is 16.5. The molecule has 106 valence electrons. The largest absolute Gasteiger partial charge is 0.478 e. The average molecular weight is 264 g/mol. The monoisotopic (exact) mass is 264 g/mol. The molecular formula is C16H24O3. The van der Waals surface area contributed by atoms with Crippen LogP contribution < -0.4 is 4.74 Å². The molecule has 0 aliphatic heterocycles. The first kappa shape index (κ1) is 15.5. The molecule has 0 spiro atoms. The molecule has 19 heavy (non-hydrogen) atoms. The van der Waals surface area contributed by atoms with Gasteiger partial charge in [0.1, 0.15) is 5.75 Å². The zero-order chi connectivity index (χ0) is 14.8. The molecular weight excluding hydrogens is 240 g/mol. The molecule has 0 atom stereocenters. The average Bonchev–Trinajstić information content (AvgIpc) is 2.27. The van der Waals surface area contributed by atoms with Crippen molar-refractivity contribution in [2.45, 2.75) is 59.0 Å². The van der Waals surface area contributed by atoms with Crippen LogP contribution in [0.15, 0.2) is 18.2 Å². The lowest BCUT2D eigenvalue weighted by atomic mass is 9.85. The van der Waals surface area contributed by atoms with E-state index in [2.05, 4.69) is 33.8 Å². The zero-order valence-corrected chi connectivity index (χ0v) is 12.7. The summed E-state index contributed by atoms with van der Waals surface area (Å²) in [5.41, 5.74) is 0.953. The number of carbonyl (C=O) groups is 1. The van der Waals surface area contributed by atoms with Crippen LogP contribution >= 0.6 is 0 Å². The maximum absolute atomic E-state index is 11.2. The smallest absolute Gasteiger partial charge is 0.347 e. The Morgan fingerprint density at radius 2 is 1.79 bits per heavy atom. The summed E-state index contributed by atoms with van der Waals surface area (Å²) >= 11 is 0. The molecule has 1 rings (SSSR count). The minimum Gasteiger partial charge on any atom is -0.478 e. The van der Waals surface area contributed by atoms with Crippen molar-refractivity contribution in [3.8, 4) is 5.75 Å². The van der Waals surface area contributed by atoms with Gasteiger partial charge in [-0.2, -0.15) is 0 Å². The third kappa shape index (κ3) is 3.72. The minimum atomic E-state index is -1.23. The summed E-state index contributed by atoms with van der Waals surface area (Å²) in [5, 5.41) is 9.17. The molecule has 1 N–H and O–H groups in total. The summed E-state index contributed by atoms with van der Waals surface area (Å²) in [7, 11) is 0. The van der Waals surface area contributed by atoms with E-state index in [9.17, 15) is 9.90 Å². The lowest BCUT2D eigenvalue weighted by Gasteiger charge is -2.28. The van der Waals surface area contributed by atoms with E-state index in [0.29, 0.717) is 5.75 Å². The molecule has 1 aromatic rings. The van der Waals surface area contributed by atoms with Gasteiger partial charge >= 0.3 is 5.97 Å². The first-order chi connectivity index (χ1) is 8.58. The number of benzene rings is 1. The highest BCUT2D eigenvalue weighted by Gasteiger charge is 2.31. The van der Waals surface area contributed by atoms with Gasteiger partial charge in [0.25, 0.3) is 0 Å². The normalized spacial score (nSPS) is 12.3. The van der Waals surface area contributed by atoms with Gasteiger partial charge in [0.05, 0.1) is 0 Å². The van der Waals surface area contributed by atoms with Gasteiger partial charge in [-0.3, -0.25) is 0 Å². The first-order valence-corrected chi connectivity index (χ1v) is 6.63. The van der Waals surface area contributed by atoms with Crippen molar-refractivity contribution in [3.63, 3.8) is 0 Å². The molecule has 3 nitrogen and oxygen atoms in total. The van der Waals surface area contributed by atoms with Crippen LogP contribution in [0.4, 0.5) is 0 Å². The number of hydrogen-bond donors (Lipinski definition) is 1. The van der Waals surface area contributed by atoms with E-state index in [1.54, 1.807) is 13.8 Å². The third-order valence-electron chi connectivity index (χ3n) is 3.14. The molecule has 0 aliphatic rings. The summed E-state index contributed by atoms with van der Waals surface area (Å²) in [5.74, 6) is -0.316. The lowest BCUT2D eigenvalue weighted by molar-refractivity contribution is -0.152. The topological polar surface area (TPSA) is 46.5 Å². The number of aliphatic carboxylic acids is 1. The van der Waals surface area contributed by atoms with Gasteiger partial charge in [-0.25, -0.2) is 4.79 Å². The van der Waals surface area contributed by atoms with E-state index >= 15 is 0 Å². The Balaban J connectivity index is 3.24. The molecule has 1 aromatic carbocycles. The van der Waals surface area contributed by atoms with Crippen LogP contribution in [0.5, 0.6) is 5.75 Å². The van der Waals surface area contributed by atoms with Crippen LogP contribution in [-0.4, -0.2) is 16.7 Å². The fraction of sp³-hybridized carbons (Fsp3) is 0.562. The molecule has 0 aromatic heterocycles. The quantitative estimate of drug-likeness (QED) is 0.900. The fourth-order valence-corrected chi connectivity index (χ4v) is 1.79. The molecule has 0 amide bonds. The maximum atomic E-state index is 11.2. The van der Waals surface area contributed by atoms with E-state index < -0.39 is 11.6 Å². The van der Waals surface area contributed by atoms with E-state index in [0.717, 1.165) is 12.0 Å². The second kappa shape index (κ2) is 5.24. The van der Waals surface area contributed by atoms with E-state index in [-0.39, 0.29) is 5.41 Å². The predicted octanol–water partition coefficient (Wildman–Crippen LogP) is 3.79. The van der Waals surface area contributed by atoms with Gasteiger partial charge in [-0.15, -0.1) is 0 Å². The van der Waals surface area contributed by atoms with Gasteiger partial charge < -0.3 is 9.84 Å². The Hall–Kier alpha value is -1.51. The molecule has 0 fully saturated rings. The molecule has 0 heterocycles. The standard InChI is InChI=1S/C16H24O3/c1-7-11-8-9-13(12(10-11)15(2,3)4)19-16(5,6)14(17)18/h8-10H,7H2,1-6H3,(H,17,18). The Labute approximate surface area is 115 Å². The van der Waals surface area contributed by atoms with Crippen LogP contribution in [-0.2, 0) is 16.6 Å². The number of hydrogen-bond acceptors (Lipinski definition) is 2. The fourth-order valence-electron chi connectivity index (χ4n) is 1.79. The van der Waals surface area contributed by atoms with Gasteiger partial charge in [-0.05, 0) is 42.9 Å². The lowest BCUT2D eigenvalue weighted by Crippen LogP contribution is -2.38. The Morgan fingerprint density at radius 1 is 1.21 bits per heavy atom. The zero-order valence-electron chi connectivity index (χ0n) is 12.7. The van der Waals surface area contributed by atoms with Gasteiger partial charge in [-0.1, -0.05) is 39.8 Å². The summed E-state index contributed by atoms with van der Waals surface area (Å²) in [4.78, 5) is 11.2. The predicted molar refractivity (Wildman–Crippen MR) is 76.9 cm³/mol. The number of carboxylic acid groups (broad SMARTS) is 1. The van der Waals surface area contributed by atoms with Crippen molar-refractivity contribution in [3.05, 3.63) is 29.3 Å². The second-order valence-electron chi connectivity index (χ2n) is 6.35. The number of aryl methyl sites for hydroxylation is 1. The summed E-state index contributed by atoms with van der Waals surface area (Å²) in [6, 6.07) is 5.97.